The summed E-state index contributed by atoms with van der Waals surface area (Å²) in [5.41, 5.74) is 2.21. The van der Waals surface area contributed by atoms with Gasteiger partial charge >= 0.3 is 0 Å². The zero-order valence-electron chi connectivity index (χ0n) is 9.45. The van der Waals surface area contributed by atoms with Crippen LogP contribution in [0.15, 0.2) is 0 Å². The van der Waals surface area contributed by atoms with Crippen LogP contribution >= 0.6 is 0 Å². The minimum absolute atomic E-state index is 0.0407. The van der Waals surface area contributed by atoms with Crippen LogP contribution in [0.1, 0.15) is 38.5 Å². The summed E-state index contributed by atoms with van der Waals surface area (Å²) in [6.45, 7) is 0.900. The second kappa shape index (κ2) is 4.82. The summed E-state index contributed by atoms with van der Waals surface area (Å²) in [7, 11) is 0. The van der Waals surface area contributed by atoms with E-state index in [1.54, 1.807) is 0 Å². The summed E-state index contributed by atoms with van der Waals surface area (Å²) >= 11 is 0. The van der Waals surface area contributed by atoms with Crippen LogP contribution in [0.2, 0.25) is 0 Å². The summed E-state index contributed by atoms with van der Waals surface area (Å²) < 4.78 is 0. The Balaban J connectivity index is 1.85. The van der Waals surface area contributed by atoms with Gasteiger partial charge in [-0.2, -0.15) is 0 Å². The van der Waals surface area contributed by atoms with Crippen molar-refractivity contribution in [2.24, 2.45) is 11.8 Å². The van der Waals surface area contributed by atoms with Gasteiger partial charge in [-0.3, -0.25) is 15.0 Å². The summed E-state index contributed by atoms with van der Waals surface area (Å²) in [6, 6.07) is 0.358. The first kappa shape index (κ1) is 11.4. The Labute approximate surface area is 95.3 Å². The number of hydrazine groups is 1. The van der Waals surface area contributed by atoms with Gasteiger partial charge in [0.1, 0.15) is 0 Å². The lowest BCUT2D eigenvalue weighted by molar-refractivity contribution is -0.131. The number of nitrogens with zero attached hydrogens (tertiary/aromatic N) is 1. The van der Waals surface area contributed by atoms with Crippen LogP contribution < -0.4 is 11.3 Å². The van der Waals surface area contributed by atoms with E-state index in [9.17, 15) is 9.59 Å². The Morgan fingerprint density at radius 3 is 2.50 bits per heavy atom. The first-order chi connectivity index (χ1) is 7.72. The van der Waals surface area contributed by atoms with E-state index >= 15 is 0 Å². The Hall–Kier alpha value is -1.10. The fraction of sp³-hybridized carbons (Fsp3) is 0.818. The molecule has 2 aliphatic rings. The highest BCUT2D eigenvalue weighted by atomic mass is 16.2. The first-order valence-electron chi connectivity index (χ1n) is 6.02. The van der Waals surface area contributed by atoms with Crippen molar-refractivity contribution >= 4 is 11.8 Å². The molecule has 5 nitrogen and oxygen atoms in total. The molecule has 3 N–H and O–H groups in total. The quantitative estimate of drug-likeness (QED) is 0.399. The maximum Gasteiger partial charge on any atom is 0.236 e. The molecule has 2 fully saturated rings. The van der Waals surface area contributed by atoms with Gasteiger partial charge in [0.15, 0.2) is 0 Å². The number of carbonyl (C=O) groups is 2. The molecular formula is C11H19N3O2. The van der Waals surface area contributed by atoms with Crippen molar-refractivity contribution in [1.82, 2.24) is 10.3 Å². The van der Waals surface area contributed by atoms with Gasteiger partial charge < -0.3 is 4.90 Å². The number of likely N-dealkylation sites (tertiary alicyclic amines) is 1. The maximum absolute atomic E-state index is 11.6. The van der Waals surface area contributed by atoms with Crippen LogP contribution in [-0.2, 0) is 9.59 Å². The van der Waals surface area contributed by atoms with Crippen molar-refractivity contribution in [2.75, 3.05) is 6.54 Å². The van der Waals surface area contributed by atoms with E-state index in [2.05, 4.69) is 5.43 Å². The molecule has 1 aliphatic heterocycles. The van der Waals surface area contributed by atoms with E-state index in [0.717, 1.165) is 38.6 Å². The normalized spacial score (nSPS) is 30.6. The number of hydrogen-bond acceptors (Lipinski definition) is 3. The van der Waals surface area contributed by atoms with E-state index in [-0.39, 0.29) is 17.7 Å². The third-order valence-corrected chi connectivity index (χ3v) is 3.76. The Kier molecular flexibility index (Phi) is 3.43. The molecule has 0 radical (unpaired) electrons. The molecule has 0 aromatic heterocycles. The fourth-order valence-corrected chi connectivity index (χ4v) is 2.82. The fourth-order valence-electron chi connectivity index (χ4n) is 2.82. The lowest BCUT2D eigenvalue weighted by atomic mass is 9.85. The lowest BCUT2D eigenvalue weighted by Crippen LogP contribution is -2.43. The van der Waals surface area contributed by atoms with Crippen molar-refractivity contribution in [2.45, 2.75) is 44.6 Å². The van der Waals surface area contributed by atoms with Crippen molar-refractivity contribution in [3.8, 4) is 0 Å². The molecule has 0 aromatic rings. The predicted molar refractivity (Wildman–Crippen MR) is 59.0 cm³/mol. The standard InChI is InChI=1S/C11H19N3O2/c12-13-11(16)8-3-5-9(6-4-8)14-7-1-2-10(14)15/h8-9H,1-7,12H2,(H,13,16). The van der Waals surface area contributed by atoms with Gasteiger partial charge in [-0.05, 0) is 32.1 Å². The minimum Gasteiger partial charge on any atom is -0.340 e. The summed E-state index contributed by atoms with van der Waals surface area (Å²) in [6.07, 6.45) is 5.24. The molecule has 5 heteroatoms. The van der Waals surface area contributed by atoms with Gasteiger partial charge in [0, 0.05) is 24.9 Å². The van der Waals surface area contributed by atoms with Gasteiger partial charge in [-0.25, -0.2) is 5.84 Å². The number of amides is 2. The number of nitrogens with two attached hydrogens (primary N) is 1. The molecule has 1 saturated carbocycles. The van der Waals surface area contributed by atoms with Gasteiger partial charge in [0.2, 0.25) is 11.8 Å². The van der Waals surface area contributed by atoms with Crippen molar-refractivity contribution in [3.63, 3.8) is 0 Å². The van der Waals surface area contributed by atoms with Crippen molar-refractivity contribution < 1.29 is 9.59 Å². The van der Waals surface area contributed by atoms with Crippen LogP contribution in [0, 0.1) is 5.92 Å². The smallest absolute Gasteiger partial charge is 0.236 e. The number of hydrogen-bond donors (Lipinski definition) is 2. The maximum atomic E-state index is 11.6. The molecule has 1 saturated heterocycles. The highest BCUT2D eigenvalue weighted by molar-refractivity contribution is 5.79. The third kappa shape index (κ3) is 2.19. The Morgan fingerprint density at radius 1 is 1.31 bits per heavy atom. The van der Waals surface area contributed by atoms with Crippen LogP contribution in [-0.4, -0.2) is 29.3 Å². The molecule has 0 aromatic carbocycles. The Bertz CT molecular complexity index is 285. The van der Waals surface area contributed by atoms with Gasteiger partial charge in [-0.15, -0.1) is 0 Å². The van der Waals surface area contributed by atoms with Crippen molar-refractivity contribution in [1.29, 1.82) is 0 Å². The monoisotopic (exact) mass is 225 g/mol. The average molecular weight is 225 g/mol. The zero-order valence-corrected chi connectivity index (χ0v) is 9.45. The molecule has 90 valence electrons. The summed E-state index contributed by atoms with van der Waals surface area (Å²) in [4.78, 5) is 24.9. The molecule has 1 aliphatic carbocycles. The molecule has 0 bridgehead atoms. The number of carbonyl (C=O) groups excluding carboxylic acids is 2. The number of rotatable bonds is 2. The zero-order chi connectivity index (χ0) is 11.5. The largest absolute Gasteiger partial charge is 0.340 e. The summed E-state index contributed by atoms with van der Waals surface area (Å²) in [5.74, 6) is 5.38. The predicted octanol–water partition coefficient (Wildman–Crippen LogP) is 0.157. The van der Waals surface area contributed by atoms with Crippen molar-refractivity contribution in [3.05, 3.63) is 0 Å². The van der Waals surface area contributed by atoms with E-state index < -0.39 is 0 Å². The van der Waals surface area contributed by atoms with Gasteiger partial charge in [0.25, 0.3) is 0 Å². The van der Waals surface area contributed by atoms with E-state index in [0.29, 0.717) is 12.5 Å². The van der Waals surface area contributed by atoms with Crippen LogP contribution in [0.3, 0.4) is 0 Å². The van der Waals surface area contributed by atoms with E-state index in [1.807, 2.05) is 4.90 Å². The molecular weight excluding hydrogens is 206 g/mol. The summed E-state index contributed by atoms with van der Waals surface area (Å²) in [5, 5.41) is 0. The molecule has 0 spiro atoms. The SMILES string of the molecule is NNC(=O)C1CCC(N2CCCC2=O)CC1. The van der Waals surface area contributed by atoms with E-state index in [4.69, 9.17) is 5.84 Å². The first-order valence-corrected chi connectivity index (χ1v) is 6.02. The second-order valence-electron chi connectivity index (χ2n) is 4.70. The molecule has 0 atom stereocenters. The van der Waals surface area contributed by atoms with E-state index in [1.165, 1.54) is 0 Å². The minimum atomic E-state index is -0.0637. The molecule has 1 heterocycles. The second-order valence-corrected chi connectivity index (χ2v) is 4.70. The third-order valence-electron chi connectivity index (χ3n) is 3.76. The molecule has 0 unspecified atom stereocenters. The van der Waals surface area contributed by atoms with Crippen LogP contribution in [0.4, 0.5) is 0 Å². The lowest BCUT2D eigenvalue weighted by Gasteiger charge is -2.33. The van der Waals surface area contributed by atoms with Gasteiger partial charge in [-0.1, -0.05) is 0 Å². The van der Waals surface area contributed by atoms with Crippen LogP contribution in [0.5, 0.6) is 0 Å². The number of nitrogens with one attached hydrogen (secondary N) is 1. The average Bonchev–Trinajstić information content (AvgIpc) is 2.75. The highest BCUT2D eigenvalue weighted by Crippen LogP contribution is 2.29. The van der Waals surface area contributed by atoms with Crippen LogP contribution in [0.25, 0.3) is 0 Å². The Morgan fingerprint density at radius 2 is 2.00 bits per heavy atom. The van der Waals surface area contributed by atoms with Gasteiger partial charge in [0.05, 0.1) is 0 Å². The molecule has 2 rings (SSSR count). The molecule has 2 amide bonds. The highest BCUT2D eigenvalue weighted by Gasteiger charge is 2.33. The molecule has 16 heavy (non-hydrogen) atoms. The topological polar surface area (TPSA) is 75.4 Å².